The Morgan fingerprint density at radius 1 is 1.04 bits per heavy atom. The fourth-order valence-corrected chi connectivity index (χ4v) is 2.25. The molecule has 0 bridgehead atoms. The van der Waals surface area contributed by atoms with Crippen molar-refractivity contribution < 1.29 is 19.1 Å². The van der Waals surface area contributed by atoms with Gasteiger partial charge in [-0.15, -0.1) is 0 Å². The van der Waals surface area contributed by atoms with E-state index in [1.54, 1.807) is 42.5 Å². The maximum absolute atomic E-state index is 11.9. The fourth-order valence-electron chi connectivity index (χ4n) is 2.07. The molecule has 0 unspecified atom stereocenters. The van der Waals surface area contributed by atoms with Crippen molar-refractivity contribution in [2.24, 2.45) is 0 Å². The number of esters is 1. The molecule has 1 atom stereocenters. The first-order valence-corrected chi connectivity index (χ1v) is 8.58. The number of rotatable bonds is 6. The molecule has 0 saturated heterocycles. The van der Waals surface area contributed by atoms with Crippen LogP contribution in [0.4, 0.5) is 16.2 Å². The summed E-state index contributed by atoms with van der Waals surface area (Å²) >= 11 is 5.99. The fraction of sp³-hybridized carbons (Fsp3) is 0.211. The number of amides is 3. The highest BCUT2D eigenvalue weighted by Gasteiger charge is 2.18. The number of halogens is 1. The van der Waals surface area contributed by atoms with Gasteiger partial charge in [-0.25, -0.2) is 9.59 Å². The first-order chi connectivity index (χ1) is 12.8. The summed E-state index contributed by atoms with van der Waals surface area (Å²) in [6, 6.07) is 12.4. The first-order valence-electron chi connectivity index (χ1n) is 8.20. The number of aryl methyl sites for hydroxylation is 1. The van der Waals surface area contributed by atoms with E-state index < -0.39 is 30.6 Å². The third-order valence-corrected chi connectivity index (χ3v) is 3.94. The Hall–Kier alpha value is -3.06. The Kier molecular flexibility index (Phi) is 7.19. The topological polar surface area (TPSA) is 96.5 Å². The minimum absolute atomic E-state index is 0.476. The lowest BCUT2D eigenvalue weighted by atomic mass is 10.2. The number of hydrogen-bond acceptors (Lipinski definition) is 4. The number of urea groups is 1. The van der Waals surface area contributed by atoms with Gasteiger partial charge in [-0.1, -0.05) is 35.9 Å². The lowest BCUT2D eigenvalue weighted by Crippen LogP contribution is -2.42. The molecule has 0 fully saturated rings. The molecular weight excluding hydrogens is 370 g/mol. The molecule has 0 aliphatic heterocycles. The molecule has 2 aromatic carbocycles. The van der Waals surface area contributed by atoms with E-state index in [2.05, 4.69) is 16.0 Å². The lowest BCUT2D eigenvalue weighted by molar-refractivity contribution is -0.148. The van der Waals surface area contributed by atoms with E-state index in [1.807, 2.05) is 13.0 Å². The summed E-state index contributed by atoms with van der Waals surface area (Å²) in [6.07, 6.45) is 0. The molecule has 0 aliphatic carbocycles. The predicted molar refractivity (Wildman–Crippen MR) is 104 cm³/mol. The summed E-state index contributed by atoms with van der Waals surface area (Å²) in [5.74, 6) is -1.24. The van der Waals surface area contributed by atoms with Gasteiger partial charge in [0.2, 0.25) is 0 Å². The number of carbonyl (C=O) groups excluding carboxylic acids is 3. The Bertz CT molecular complexity index is 827. The largest absolute Gasteiger partial charge is 0.454 e. The van der Waals surface area contributed by atoms with E-state index in [0.29, 0.717) is 16.4 Å². The van der Waals surface area contributed by atoms with Crippen LogP contribution in [-0.4, -0.2) is 30.6 Å². The van der Waals surface area contributed by atoms with Crippen molar-refractivity contribution in [1.82, 2.24) is 5.32 Å². The molecule has 2 rings (SSSR count). The zero-order valence-electron chi connectivity index (χ0n) is 14.9. The Morgan fingerprint density at radius 3 is 2.41 bits per heavy atom. The highest BCUT2D eigenvalue weighted by molar-refractivity contribution is 6.31. The standard InChI is InChI=1S/C19H20ClN3O4/c1-12-8-9-15(10-16(12)20)22-17(24)11-27-18(25)13(2)21-19(26)23-14-6-4-3-5-7-14/h3-10,13H,11H2,1-2H3,(H,22,24)(H2,21,23,26)/t13-/m0/s1. The second kappa shape index (κ2) is 9.59. The smallest absolute Gasteiger partial charge is 0.328 e. The summed E-state index contributed by atoms with van der Waals surface area (Å²) in [4.78, 5) is 35.6. The molecule has 3 N–H and O–H groups in total. The first kappa shape index (κ1) is 20.3. The molecular formula is C19H20ClN3O4. The molecule has 142 valence electrons. The van der Waals surface area contributed by atoms with Gasteiger partial charge in [0, 0.05) is 16.4 Å². The SMILES string of the molecule is Cc1ccc(NC(=O)COC(=O)[C@H](C)NC(=O)Nc2ccccc2)cc1Cl. The van der Waals surface area contributed by atoms with E-state index in [-0.39, 0.29) is 0 Å². The molecule has 0 saturated carbocycles. The predicted octanol–water partition coefficient (Wildman–Crippen LogP) is 3.34. The van der Waals surface area contributed by atoms with Crippen LogP contribution in [0.15, 0.2) is 48.5 Å². The van der Waals surface area contributed by atoms with E-state index in [0.717, 1.165) is 5.56 Å². The molecule has 8 heteroatoms. The summed E-state index contributed by atoms with van der Waals surface area (Å²) in [5, 5.41) is 8.12. The number of hydrogen-bond donors (Lipinski definition) is 3. The summed E-state index contributed by atoms with van der Waals surface area (Å²) in [6.45, 7) is 2.83. The average molecular weight is 390 g/mol. The average Bonchev–Trinajstić information content (AvgIpc) is 2.63. The number of anilines is 2. The molecule has 0 heterocycles. The molecule has 27 heavy (non-hydrogen) atoms. The van der Waals surface area contributed by atoms with Crippen molar-refractivity contribution >= 4 is 40.9 Å². The van der Waals surface area contributed by atoms with Gasteiger partial charge >= 0.3 is 12.0 Å². The normalized spacial score (nSPS) is 11.2. The van der Waals surface area contributed by atoms with Gasteiger partial charge in [-0.3, -0.25) is 4.79 Å². The van der Waals surface area contributed by atoms with Gasteiger partial charge in [-0.05, 0) is 43.7 Å². The number of para-hydroxylation sites is 1. The molecule has 0 spiro atoms. The maximum Gasteiger partial charge on any atom is 0.328 e. The minimum Gasteiger partial charge on any atom is -0.454 e. The van der Waals surface area contributed by atoms with Gasteiger partial charge in [0.15, 0.2) is 6.61 Å². The van der Waals surface area contributed by atoms with E-state index >= 15 is 0 Å². The lowest BCUT2D eigenvalue weighted by Gasteiger charge is -2.14. The van der Waals surface area contributed by atoms with Crippen LogP contribution in [0.2, 0.25) is 5.02 Å². The van der Waals surface area contributed by atoms with Gasteiger partial charge < -0.3 is 20.7 Å². The van der Waals surface area contributed by atoms with Crippen molar-refractivity contribution in [1.29, 1.82) is 0 Å². The van der Waals surface area contributed by atoms with Gasteiger partial charge in [0.25, 0.3) is 5.91 Å². The van der Waals surface area contributed by atoms with E-state index in [1.165, 1.54) is 6.92 Å². The maximum atomic E-state index is 11.9. The second-order valence-electron chi connectivity index (χ2n) is 5.81. The Labute approximate surface area is 162 Å². The van der Waals surface area contributed by atoms with Crippen LogP contribution in [-0.2, 0) is 14.3 Å². The van der Waals surface area contributed by atoms with Crippen LogP contribution in [0.1, 0.15) is 12.5 Å². The summed E-state index contributed by atoms with van der Waals surface area (Å²) < 4.78 is 4.92. The Balaban J connectivity index is 1.75. The highest BCUT2D eigenvalue weighted by Crippen LogP contribution is 2.19. The summed E-state index contributed by atoms with van der Waals surface area (Å²) in [5.41, 5.74) is 1.97. The summed E-state index contributed by atoms with van der Waals surface area (Å²) in [7, 11) is 0. The quantitative estimate of drug-likeness (QED) is 0.660. The van der Waals surface area contributed by atoms with Crippen molar-refractivity contribution in [3.05, 3.63) is 59.1 Å². The molecule has 7 nitrogen and oxygen atoms in total. The van der Waals surface area contributed by atoms with Gasteiger partial charge in [-0.2, -0.15) is 0 Å². The molecule has 3 amide bonds. The second-order valence-corrected chi connectivity index (χ2v) is 6.21. The number of nitrogens with one attached hydrogen (secondary N) is 3. The third-order valence-electron chi connectivity index (χ3n) is 3.53. The zero-order valence-corrected chi connectivity index (χ0v) is 15.7. The molecule has 2 aromatic rings. The van der Waals surface area contributed by atoms with E-state index in [4.69, 9.17) is 16.3 Å². The van der Waals surface area contributed by atoms with Crippen LogP contribution in [0.3, 0.4) is 0 Å². The highest BCUT2D eigenvalue weighted by atomic mass is 35.5. The van der Waals surface area contributed by atoms with Crippen LogP contribution < -0.4 is 16.0 Å². The number of carbonyl (C=O) groups is 3. The van der Waals surface area contributed by atoms with Crippen LogP contribution in [0.25, 0.3) is 0 Å². The minimum atomic E-state index is -0.921. The van der Waals surface area contributed by atoms with Crippen LogP contribution in [0, 0.1) is 6.92 Å². The molecule has 0 aromatic heterocycles. The van der Waals surface area contributed by atoms with Crippen molar-refractivity contribution in [2.45, 2.75) is 19.9 Å². The van der Waals surface area contributed by atoms with Crippen molar-refractivity contribution in [2.75, 3.05) is 17.2 Å². The van der Waals surface area contributed by atoms with Gasteiger partial charge in [0.05, 0.1) is 0 Å². The third kappa shape index (κ3) is 6.63. The molecule has 0 aliphatic rings. The van der Waals surface area contributed by atoms with Gasteiger partial charge in [0.1, 0.15) is 6.04 Å². The Morgan fingerprint density at radius 2 is 1.74 bits per heavy atom. The van der Waals surface area contributed by atoms with E-state index in [9.17, 15) is 14.4 Å². The monoisotopic (exact) mass is 389 g/mol. The number of benzene rings is 2. The number of ether oxygens (including phenoxy) is 1. The van der Waals surface area contributed by atoms with Crippen molar-refractivity contribution in [3.8, 4) is 0 Å². The molecule has 0 radical (unpaired) electrons. The van der Waals surface area contributed by atoms with Crippen molar-refractivity contribution in [3.63, 3.8) is 0 Å². The van der Waals surface area contributed by atoms with Crippen LogP contribution in [0.5, 0.6) is 0 Å². The van der Waals surface area contributed by atoms with Crippen LogP contribution >= 0.6 is 11.6 Å². The zero-order chi connectivity index (χ0) is 19.8.